The van der Waals surface area contributed by atoms with E-state index in [0.717, 1.165) is 0 Å². The van der Waals surface area contributed by atoms with Gasteiger partial charge in [-0.15, -0.1) is 0 Å². The number of pyridine rings is 2. The van der Waals surface area contributed by atoms with E-state index in [1.54, 1.807) is 12.1 Å². The molecule has 1 saturated carbocycles. The molecular weight excluding hydrogens is 411 g/mol. The van der Waals surface area contributed by atoms with Crippen molar-refractivity contribution in [1.82, 2.24) is 9.97 Å². The molecule has 0 spiro atoms. The second-order valence-corrected chi connectivity index (χ2v) is 7.35. The minimum absolute atomic E-state index is 0.0984. The lowest BCUT2D eigenvalue weighted by atomic mass is 9.84. The summed E-state index contributed by atoms with van der Waals surface area (Å²) in [6.45, 7) is 0. The summed E-state index contributed by atoms with van der Waals surface area (Å²) < 4.78 is 44.2. The molecule has 1 aliphatic carbocycles. The first-order chi connectivity index (χ1) is 14.7. The van der Waals surface area contributed by atoms with Crippen LogP contribution in [0.15, 0.2) is 47.4 Å². The fraction of sp³-hybridized carbons (Fsp3) is 0.318. The van der Waals surface area contributed by atoms with Crippen molar-refractivity contribution in [3.63, 3.8) is 0 Å². The summed E-state index contributed by atoms with van der Waals surface area (Å²) in [5.41, 5.74) is 5.53. The third-order valence-electron chi connectivity index (χ3n) is 5.11. The first kappa shape index (κ1) is 22.3. The monoisotopic (exact) mass is 433 g/mol. The Morgan fingerprint density at radius 2 is 2.06 bits per heavy atom. The molecule has 31 heavy (non-hydrogen) atoms. The van der Waals surface area contributed by atoms with Crippen molar-refractivity contribution in [3.05, 3.63) is 70.0 Å². The molecular formula is C22H22F3N3O3. The Morgan fingerprint density at radius 1 is 1.29 bits per heavy atom. The van der Waals surface area contributed by atoms with Crippen LogP contribution in [0.5, 0.6) is 5.75 Å². The van der Waals surface area contributed by atoms with Crippen molar-refractivity contribution in [3.8, 4) is 5.75 Å². The number of carbonyl (C=O) groups excluding carboxylic acids is 1. The number of hydrogen-bond acceptors (Lipinski definition) is 4. The molecule has 1 amide bonds. The fourth-order valence-corrected chi connectivity index (χ4v) is 3.66. The van der Waals surface area contributed by atoms with Gasteiger partial charge in [0.15, 0.2) is 5.43 Å². The first-order valence-electron chi connectivity index (χ1n) is 9.69. The third-order valence-corrected chi connectivity index (χ3v) is 5.11. The van der Waals surface area contributed by atoms with E-state index in [1.807, 2.05) is 0 Å². The molecule has 0 bridgehead atoms. The Kier molecular flexibility index (Phi) is 6.62. The van der Waals surface area contributed by atoms with Crippen LogP contribution in [-0.2, 0) is 0 Å². The Bertz CT molecular complexity index is 1150. The van der Waals surface area contributed by atoms with Crippen LogP contribution in [-0.4, -0.2) is 28.9 Å². The van der Waals surface area contributed by atoms with Crippen molar-refractivity contribution in [1.29, 1.82) is 0 Å². The summed E-state index contributed by atoms with van der Waals surface area (Å²) in [7, 11) is 1.51. The number of halogens is 3. The molecule has 1 atom stereocenters. The topological polar surface area (TPSA) is 98.1 Å². The van der Waals surface area contributed by atoms with Crippen molar-refractivity contribution < 1.29 is 22.7 Å². The maximum atomic E-state index is 13.6. The van der Waals surface area contributed by atoms with Gasteiger partial charge in [0.2, 0.25) is 5.92 Å². The number of nitrogens with zero attached hydrogens (tertiary/aromatic N) is 1. The van der Waals surface area contributed by atoms with Gasteiger partial charge in [-0.05, 0) is 31.0 Å². The van der Waals surface area contributed by atoms with Crippen LogP contribution in [0.4, 0.5) is 13.2 Å². The average molecular weight is 433 g/mol. The number of aromatic amines is 1. The third kappa shape index (κ3) is 5.42. The van der Waals surface area contributed by atoms with Crippen LogP contribution in [0, 0.1) is 5.82 Å². The molecule has 2 aromatic heterocycles. The number of carbonyl (C=O) groups is 1. The average Bonchev–Trinajstić information content (AvgIpc) is 2.73. The molecule has 0 saturated heterocycles. The van der Waals surface area contributed by atoms with Crippen LogP contribution in [0.2, 0.25) is 0 Å². The molecule has 6 nitrogen and oxygen atoms in total. The number of rotatable bonds is 3. The minimum Gasteiger partial charge on any atom is -0.497 e. The summed E-state index contributed by atoms with van der Waals surface area (Å²) in [5, 5.41) is 0.0984. The number of methoxy groups -OCH3 is 1. The molecule has 2 heterocycles. The van der Waals surface area contributed by atoms with Gasteiger partial charge in [0.25, 0.3) is 5.91 Å². The Morgan fingerprint density at radius 3 is 2.68 bits per heavy atom. The molecule has 0 radical (unpaired) electrons. The number of ether oxygens (including phenoxy) is 1. The van der Waals surface area contributed by atoms with E-state index in [9.17, 15) is 22.8 Å². The van der Waals surface area contributed by atoms with Gasteiger partial charge in [-0.1, -0.05) is 6.07 Å². The van der Waals surface area contributed by atoms with Gasteiger partial charge in [0.05, 0.1) is 18.0 Å². The van der Waals surface area contributed by atoms with Gasteiger partial charge in [-0.25, -0.2) is 13.2 Å². The van der Waals surface area contributed by atoms with Gasteiger partial charge >= 0.3 is 0 Å². The fourth-order valence-electron chi connectivity index (χ4n) is 3.66. The van der Waals surface area contributed by atoms with E-state index in [0.29, 0.717) is 29.8 Å². The molecule has 1 fully saturated rings. The van der Waals surface area contributed by atoms with Crippen LogP contribution < -0.4 is 15.9 Å². The summed E-state index contributed by atoms with van der Waals surface area (Å²) in [5.74, 6) is -3.62. The maximum absolute atomic E-state index is 13.6. The van der Waals surface area contributed by atoms with Gasteiger partial charge in [-0.2, -0.15) is 0 Å². The zero-order chi connectivity index (χ0) is 22.6. The van der Waals surface area contributed by atoms with Gasteiger partial charge in [0, 0.05) is 42.8 Å². The second kappa shape index (κ2) is 9.20. The quantitative estimate of drug-likeness (QED) is 0.648. The number of amides is 1. The Balaban J connectivity index is 0.000000254. The predicted octanol–water partition coefficient (Wildman–Crippen LogP) is 4.15. The molecule has 0 unspecified atom stereocenters. The molecule has 3 aromatic rings. The Labute approximate surface area is 176 Å². The summed E-state index contributed by atoms with van der Waals surface area (Å²) in [6, 6.07) is 8.83. The number of H-pyrrole nitrogens is 1. The van der Waals surface area contributed by atoms with Crippen LogP contribution in [0.1, 0.15) is 47.8 Å². The van der Waals surface area contributed by atoms with Crippen LogP contribution in [0.25, 0.3) is 10.9 Å². The number of aromatic nitrogens is 2. The number of hydrogen-bond donors (Lipinski definition) is 2. The van der Waals surface area contributed by atoms with Crippen LogP contribution in [0.3, 0.4) is 0 Å². The van der Waals surface area contributed by atoms with Gasteiger partial charge in [0.1, 0.15) is 17.3 Å². The highest BCUT2D eigenvalue weighted by molar-refractivity contribution is 6.03. The van der Waals surface area contributed by atoms with E-state index in [4.69, 9.17) is 10.5 Å². The van der Waals surface area contributed by atoms with E-state index < -0.39 is 23.2 Å². The molecule has 0 aliphatic heterocycles. The molecule has 4 rings (SSSR count). The lowest BCUT2D eigenvalue weighted by Crippen LogP contribution is -2.26. The highest BCUT2D eigenvalue weighted by atomic mass is 19.3. The lowest BCUT2D eigenvalue weighted by molar-refractivity contribution is -0.0412. The normalized spacial score (nSPS) is 17.5. The summed E-state index contributed by atoms with van der Waals surface area (Å²) in [4.78, 5) is 30.4. The number of alkyl halides is 2. The maximum Gasteiger partial charge on any atom is 0.268 e. The molecule has 9 heteroatoms. The molecule has 1 aromatic carbocycles. The molecule has 164 valence electrons. The Hall–Kier alpha value is -3.36. The van der Waals surface area contributed by atoms with E-state index in [-0.39, 0.29) is 29.7 Å². The summed E-state index contributed by atoms with van der Waals surface area (Å²) in [6.07, 6.45) is 1.99. The van der Waals surface area contributed by atoms with E-state index >= 15 is 0 Å². The molecule has 1 aliphatic rings. The SMILES string of the molecule is COc1cccc(F)c1.NC(=O)c1nccc2[nH]c([C@H]3CCCC(F)(F)C3)cc(=O)c12. The first-order valence-corrected chi connectivity index (χ1v) is 9.69. The minimum atomic E-state index is -2.70. The standard InChI is InChI=1S/C15H15F2N3O2.C7H7FO/c16-15(17)4-1-2-8(7-15)10-6-11(21)12-9(20-10)3-5-19-13(12)14(18)22;1-9-7-4-2-3-6(8)5-7/h3,5-6,8H,1-2,4,7H2,(H2,18,22)(H,20,21);2-5H,1H3/t8-;/m0./s1. The van der Waals surface area contributed by atoms with Crippen molar-refractivity contribution in [2.24, 2.45) is 5.73 Å². The highest BCUT2D eigenvalue weighted by Crippen LogP contribution is 2.41. The van der Waals surface area contributed by atoms with E-state index in [2.05, 4.69) is 9.97 Å². The smallest absolute Gasteiger partial charge is 0.268 e. The van der Waals surface area contributed by atoms with Crippen molar-refractivity contribution >= 4 is 16.8 Å². The number of primary amides is 1. The second-order valence-electron chi connectivity index (χ2n) is 7.35. The molecule has 3 N–H and O–H groups in total. The zero-order valence-corrected chi connectivity index (χ0v) is 16.8. The zero-order valence-electron chi connectivity index (χ0n) is 16.8. The lowest BCUT2D eigenvalue weighted by Gasteiger charge is -2.29. The summed E-state index contributed by atoms with van der Waals surface area (Å²) >= 11 is 0. The van der Waals surface area contributed by atoms with E-state index in [1.165, 1.54) is 37.6 Å². The highest BCUT2D eigenvalue weighted by Gasteiger charge is 2.37. The number of fused-ring (bicyclic) bond motifs is 1. The van der Waals surface area contributed by atoms with Crippen LogP contribution >= 0.6 is 0 Å². The largest absolute Gasteiger partial charge is 0.497 e. The van der Waals surface area contributed by atoms with Gasteiger partial charge in [-0.3, -0.25) is 14.6 Å². The predicted molar refractivity (Wildman–Crippen MR) is 110 cm³/mol. The number of benzene rings is 1. The van der Waals surface area contributed by atoms with Gasteiger partial charge < -0.3 is 15.5 Å². The van der Waals surface area contributed by atoms with Crippen molar-refractivity contribution in [2.45, 2.75) is 37.5 Å². The number of nitrogens with one attached hydrogen (secondary N) is 1. The number of nitrogens with two attached hydrogens (primary N) is 1. The van der Waals surface area contributed by atoms with Crippen molar-refractivity contribution in [2.75, 3.05) is 7.11 Å².